The van der Waals surface area contributed by atoms with E-state index in [1.54, 1.807) is 0 Å². The quantitative estimate of drug-likeness (QED) is 0.523. The van der Waals surface area contributed by atoms with Crippen LogP contribution in [0.1, 0.15) is 6.42 Å². The third-order valence-electron chi connectivity index (χ3n) is 1.66. The molecule has 0 aromatic carbocycles. The van der Waals surface area contributed by atoms with Gasteiger partial charge in [0.05, 0.1) is 25.2 Å². The lowest BCUT2D eigenvalue weighted by Crippen LogP contribution is -2.39. The van der Waals surface area contributed by atoms with Gasteiger partial charge < -0.3 is 9.64 Å². The summed E-state index contributed by atoms with van der Waals surface area (Å²) < 4.78 is 5.32. The lowest BCUT2D eigenvalue weighted by atomic mass is 10.2. The minimum atomic E-state index is 0.142. The number of nitriles is 1. The van der Waals surface area contributed by atoms with Crippen LogP contribution in [0.25, 0.3) is 0 Å². The maximum absolute atomic E-state index is 8.36. The van der Waals surface area contributed by atoms with E-state index >= 15 is 0 Å². The molecule has 56 valence electrons. The fourth-order valence-electron chi connectivity index (χ4n) is 1.09. The molecule has 0 bridgehead atoms. The molecule has 0 aromatic rings. The van der Waals surface area contributed by atoms with Crippen LogP contribution in [0.3, 0.4) is 0 Å². The molecular weight excluding hydrogens is 128 g/mol. The summed E-state index contributed by atoms with van der Waals surface area (Å²) in [5, 5.41) is 8.36. The zero-order valence-electron chi connectivity index (χ0n) is 6.21. The minimum Gasteiger partial charge on any atom is -0.374 e. The summed E-state index contributed by atoms with van der Waals surface area (Å²) in [6.07, 6.45) is 0.661. The van der Waals surface area contributed by atoms with Gasteiger partial charge in [-0.15, -0.1) is 0 Å². The Morgan fingerprint density at radius 3 is 3.20 bits per heavy atom. The van der Waals surface area contributed by atoms with E-state index in [-0.39, 0.29) is 6.10 Å². The average molecular weight is 140 g/mol. The molecule has 0 aliphatic carbocycles. The van der Waals surface area contributed by atoms with Gasteiger partial charge >= 0.3 is 0 Å². The Balaban J connectivity index is 2.27. The van der Waals surface area contributed by atoms with E-state index in [2.05, 4.69) is 11.0 Å². The summed E-state index contributed by atoms with van der Waals surface area (Å²) in [6.45, 7) is 2.65. The molecular formula is C7H12N2O. The van der Waals surface area contributed by atoms with Crippen molar-refractivity contribution in [3.8, 4) is 6.07 Å². The predicted octanol–water partition coefficient (Wildman–Crippen LogP) is 0.231. The van der Waals surface area contributed by atoms with E-state index in [4.69, 9.17) is 10.00 Å². The second-order valence-corrected chi connectivity index (χ2v) is 2.62. The van der Waals surface area contributed by atoms with Crippen molar-refractivity contribution < 1.29 is 4.74 Å². The van der Waals surface area contributed by atoms with Crippen molar-refractivity contribution in [2.45, 2.75) is 12.5 Å². The SMILES string of the molecule is CN1CCO[C@H](CC#N)C1. The van der Waals surface area contributed by atoms with E-state index in [0.29, 0.717) is 6.42 Å². The summed E-state index contributed by atoms with van der Waals surface area (Å²) in [5.41, 5.74) is 0. The van der Waals surface area contributed by atoms with Crippen LogP contribution in [0.4, 0.5) is 0 Å². The molecule has 1 rings (SSSR count). The number of hydrogen-bond donors (Lipinski definition) is 0. The van der Waals surface area contributed by atoms with Crippen molar-refractivity contribution in [1.29, 1.82) is 5.26 Å². The molecule has 0 aromatic heterocycles. The Morgan fingerprint density at radius 1 is 1.80 bits per heavy atom. The Bertz CT molecular complexity index is 141. The Morgan fingerprint density at radius 2 is 2.60 bits per heavy atom. The maximum Gasteiger partial charge on any atom is 0.0832 e. The molecule has 0 spiro atoms. The van der Waals surface area contributed by atoms with Gasteiger partial charge in [-0.3, -0.25) is 0 Å². The van der Waals surface area contributed by atoms with Crippen LogP contribution in [-0.4, -0.2) is 37.7 Å². The highest BCUT2D eigenvalue weighted by Gasteiger charge is 2.16. The first-order chi connectivity index (χ1) is 4.83. The number of ether oxygens (including phenoxy) is 1. The molecule has 0 radical (unpaired) electrons. The van der Waals surface area contributed by atoms with Gasteiger partial charge in [0, 0.05) is 13.1 Å². The third-order valence-corrected chi connectivity index (χ3v) is 1.66. The molecule has 3 heteroatoms. The maximum atomic E-state index is 8.36. The standard InChI is InChI=1S/C7H12N2O/c1-9-4-5-10-7(6-9)2-3-8/h7H,2,4-6H2,1H3/t7-/m1/s1. The van der Waals surface area contributed by atoms with Crippen molar-refractivity contribution in [3.63, 3.8) is 0 Å². The largest absolute Gasteiger partial charge is 0.374 e. The molecule has 0 N–H and O–H groups in total. The van der Waals surface area contributed by atoms with Gasteiger partial charge in [0.2, 0.25) is 0 Å². The highest BCUT2D eigenvalue weighted by molar-refractivity contribution is 4.80. The zero-order chi connectivity index (χ0) is 7.40. The first-order valence-electron chi connectivity index (χ1n) is 3.50. The van der Waals surface area contributed by atoms with E-state index in [1.807, 2.05) is 7.05 Å². The van der Waals surface area contributed by atoms with Crippen molar-refractivity contribution in [2.75, 3.05) is 26.7 Å². The molecule has 1 aliphatic heterocycles. The fourth-order valence-corrected chi connectivity index (χ4v) is 1.09. The van der Waals surface area contributed by atoms with E-state index in [0.717, 1.165) is 19.7 Å². The molecule has 10 heavy (non-hydrogen) atoms. The summed E-state index contributed by atoms with van der Waals surface area (Å²) >= 11 is 0. The Labute approximate surface area is 61.2 Å². The van der Waals surface area contributed by atoms with Gasteiger partial charge in [-0.2, -0.15) is 5.26 Å². The lowest BCUT2D eigenvalue weighted by Gasteiger charge is -2.28. The van der Waals surface area contributed by atoms with Crippen LogP contribution in [0, 0.1) is 11.3 Å². The topological polar surface area (TPSA) is 36.3 Å². The van der Waals surface area contributed by atoms with Crippen LogP contribution in [-0.2, 0) is 4.74 Å². The summed E-state index contributed by atoms with van der Waals surface area (Å²) in [6, 6.07) is 2.11. The molecule has 0 saturated carbocycles. The number of nitrogens with zero attached hydrogens (tertiary/aromatic N) is 2. The van der Waals surface area contributed by atoms with Gasteiger partial charge in [0.15, 0.2) is 0 Å². The van der Waals surface area contributed by atoms with Crippen LogP contribution < -0.4 is 0 Å². The fraction of sp³-hybridized carbons (Fsp3) is 0.857. The van der Waals surface area contributed by atoms with Crippen LogP contribution in [0.2, 0.25) is 0 Å². The molecule has 0 unspecified atom stereocenters. The van der Waals surface area contributed by atoms with Crippen molar-refractivity contribution in [3.05, 3.63) is 0 Å². The van der Waals surface area contributed by atoms with Gasteiger partial charge in [-0.05, 0) is 7.05 Å². The normalized spacial score (nSPS) is 27.8. The monoisotopic (exact) mass is 140 g/mol. The number of likely N-dealkylation sites (N-methyl/N-ethyl adjacent to an activating group) is 1. The van der Waals surface area contributed by atoms with Gasteiger partial charge in [0.25, 0.3) is 0 Å². The molecule has 3 nitrogen and oxygen atoms in total. The molecule has 1 fully saturated rings. The smallest absolute Gasteiger partial charge is 0.0832 e. The summed E-state index contributed by atoms with van der Waals surface area (Å²) in [7, 11) is 2.05. The summed E-state index contributed by atoms with van der Waals surface area (Å²) in [4.78, 5) is 2.19. The number of hydrogen-bond acceptors (Lipinski definition) is 3. The van der Waals surface area contributed by atoms with Crippen LogP contribution in [0.15, 0.2) is 0 Å². The molecule has 1 aliphatic rings. The Hall–Kier alpha value is -0.590. The van der Waals surface area contributed by atoms with Crippen LogP contribution >= 0.6 is 0 Å². The van der Waals surface area contributed by atoms with Gasteiger partial charge in [-0.1, -0.05) is 0 Å². The molecule has 1 heterocycles. The second-order valence-electron chi connectivity index (χ2n) is 2.62. The van der Waals surface area contributed by atoms with E-state index < -0.39 is 0 Å². The first-order valence-corrected chi connectivity index (χ1v) is 3.50. The van der Waals surface area contributed by atoms with Crippen molar-refractivity contribution >= 4 is 0 Å². The van der Waals surface area contributed by atoms with Gasteiger partial charge in [0.1, 0.15) is 0 Å². The number of morpholine rings is 1. The summed E-state index contributed by atoms with van der Waals surface area (Å²) in [5.74, 6) is 0. The van der Waals surface area contributed by atoms with Crippen molar-refractivity contribution in [1.82, 2.24) is 4.90 Å². The van der Waals surface area contributed by atoms with Crippen molar-refractivity contribution in [2.24, 2.45) is 0 Å². The zero-order valence-corrected chi connectivity index (χ0v) is 6.21. The molecule has 1 saturated heterocycles. The molecule has 0 amide bonds. The molecule has 1 atom stereocenters. The lowest BCUT2D eigenvalue weighted by molar-refractivity contribution is -0.0163. The number of rotatable bonds is 1. The highest BCUT2D eigenvalue weighted by atomic mass is 16.5. The Kier molecular flexibility index (Phi) is 2.67. The third kappa shape index (κ3) is 1.98. The average Bonchev–Trinajstić information content (AvgIpc) is 1.88. The van der Waals surface area contributed by atoms with Gasteiger partial charge in [-0.25, -0.2) is 0 Å². The first kappa shape index (κ1) is 7.52. The second kappa shape index (κ2) is 3.55. The highest BCUT2D eigenvalue weighted by Crippen LogP contribution is 2.05. The van der Waals surface area contributed by atoms with Crippen LogP contribution in [0.5, 0.6) is 0 Å². The van der Waals surface area contributed by atoms with E-state index in [9.17, 15) is 0 Å². The predicted molar refractivity (Wildman–Crippen MR) is 37.5 cm³/mol. The minimum absolute atomic E-state index is 0.142. The van der Waals surface area contributed by atoms with E-state index in [1.165, 1.54) is 0 Å².